The lowest BCUT2D eigenvalue weighted by Crippen LogP contribution is -2.47. The van der Waals surface area contributed by atoms with Gasteiger partial charge in [0.2, 0.25) is 5.95 Å². The van der Waals surface area contributed by atoms with Crippen molar-refractivity contribution in [2.75, 3.05) is 5.73 Å². The van der Waals surface area contributed by atoms with Gasteiger partial charge >= 0.3 is 0 Å². The molecule has 0 spiro atoms. The summed E-state index contributed by atoms with van der Waals surface area (Å²) in [5.41, 5.74) is 13.9. The van der Waals surface area contributed by atoms with E-state index in [1.54, 1.807) is 12.4 Å². The molecule has 4 N–H and O–H groups in total. The Morgan fingerprint density at radius 2 is 1.65 bits per heavy atom. The first-order chi connectivity index (χ1) is 12.2. The van der Waals surface area contributed by atoms with E-state index in [0.29, 0.717) is 0 Å². The smallest absolute Gasteiger partial charge is 0.299 e. The lowest BCUT2D eigenvalue weighted by Gasteiger charge is -2.41. The number of nitrogens with zero attached hydrogens (tertiary/aromatic N) is 3. The molecule has 2 aromatic rings. The summed E-state index contributed by atoms with van der Waals surface area (Å²) in [6, 6.07) is 7.78. The third-order valence-electron chi connectivity index (χ3n) is 4.60. The summed E-state index contributed by atoms with van der Waals surface area (Å²) < 4.78 is -2.12. The highest BCUT2D eigenvalue weighted by atomic mass is 35.6. The van der Waals surface area contributed by atoms with Crippen LogP contribution < -0.4 is 11.5 Å². The summed E-state index contributed by atoms with van der Waals surface area (Å²) in [6.07, 6.45) is 5.85. The number of hydrogen-bond donors (Lipinski definition) is 2. The van der Waals surface area contributed by atoms with Gasteiger partial charge in [-0.25, -0.2) is 9.97 Å². The topological polar surface area (TPSA) is 107 Å². The first-order valence-corrected chi connectivity index (χ1v) is 9.00. The molecule has 0 bridgehead atoms. The number of halogens is 3. The molecule has 1 aromatic carbocycles. The average Bonchev–Trinajstić information content (AvgIpc) is 2.54. The molecule has 1 fully saturated rings. The van der Waals surface area contributed by atoms with Crippen LogP contribution in [0.2, 0.25) is 0 Å². The van der Waals surface area contributed by atoms with Gasteiger partial charge in [0.1, 0.15) is 5.84 Å². The molecule has 0 unspecified atom stereocenters. The number of carbonyl (C=O) groups excluding carboxylic acids is 1. The van der Waals surface area contributed by atoms with Crippen LogP contribution in [0.5, 0.6) is 0 Å². The summed E-state index contributed by atoms with van der Waals surface area (Å²) in [5, 5.41) is 0. The number of alkyl halides is 3. The van der Waals surface area contributed by atoms with Gasteiger partial charge in [-0.1, -0.05) is 65.5 Å². The molecule has 1 heterocycles. The number of aliphatic imine (C=N–C) groups is 1. The lowest BCUT2D eigenvalue weighted by atomic mass is 9.63. The van der Waals surface area contributed by atoms with Gasteiger partial charge < -0.3 is 11.5 Å². The van der Waals surface area contributed by atoms with Gasteiger partial charge in [0.25, 0.3) is 9.70 Å². The number of hydrogen-bond acceptors (Lipinski definition) is 4. The van der Waals surface area contributed by atoms with Crippen molar-refractivity contribution in [3.63, 3.8) is 0 Å². The van der Waals surface area contributed by atoms with Gasteiger partial charge in [-0.15, -0.1) is 0 Å². The Morgan fingerprint density at radius 3 is 2.12 bits per heavy atom. The zero-order valence-electron chi connectivity index (χ0n) is 13.6. The highest BCUT2D eigenvalue weighted by Crippen LogP contribution is 2.44. The number of rotatable bonds is 3. The maximum Gasteiger partial charge on any atom is 0.299 e. The molecule has 6 nitrogen and oxygen atoms in total. The second-order valence-electron chi connectivity index (χ2n) is 6.14. The van der Waals surface area contributed by atoms with Crippen molar-refractivity contribution in [3.8, 4) is 11.1 Å². The molecule has 1 aliphatic carbocycles. The minimum absolute atomic E-state index is 0.170. The van der Waals surface area contributed by atoms with Gasteiger partial charge in [0, 0.05) is 18.0 Å². The maximum atomic E-state index is 11.9. The Bertz CT molecular complexity index is 840. The van der Waals surface area contributed by atoms with E-state index in [9.17, 15) is 4.79 Å². The number of anilines is 1. The van der Waals surface area contributed by atoms with Crippen molar-refractivity contribution in [1.82, 2.24) is 9.97 Å². The highest BCUT2D eigenvalue weighted by Gasteiger charge is 2.44. The van der Waals surface area contributed by atoms with E-state index in [2.05, 4.69) is 15.0 Å². The van der Waals surface area contributed by atoms with E-state index in [1.165, 1.54) is 0 Å². The molecule has 3 rings (SSSR count). The second kappa shape index (κ2) is 7.02. The van der Waals surface area contributed by atoms with Crippen molar-refractivity contribution in [2.45, 2.75) is 28.5 Å². The van der Waals surface area contributed by atoms with Crippen molar-refractivity contribution in [2.24, 2.45) is 10.7 Å². The molecule has 0 atom stereocenters. The summed E-state index contributed by atoms with van der Waals surface area (Å²) >= 11 is 16.7. The molecular formula is C17H16Cl3N5O. The van der Waals surface area contributed by atoms with Gasteiger partial charge in [-0.05, 0) is 24.0 Å². The normalized spacial score (nSPS) is 16.8. The minimum atomic E-state index is -2.12. The van der Waals surface area contributed by atoms with Crippen LogP contribution in [0.25, 0.3) is 11.1 Å². The molecule has 136 valence electrons. The van der Waals surface area contributed by atoms with Gasteiger partial charge in [0.15, 0.2) is 0 Å². The van der Waals surface area contributed by atoms with E-state index in [0.717, 1.165) is 36.0 Å². The van der Waals surface area contributed by atoms with E-state index in [4.69, 9.17) is 46.3 Å². The standard InChI is InChI=1S/C17H16Cl3N5O/c18-17(19,20)14(26)25-13(21)16(6-1-7-16)12-4-2-10(3-5-12)11-8-23-15(22)24-9-11/h2-5,8-9H,1,6-7H2,(H2,21,25,26)(H2,22,23,24). The highest BCUT2D eigenvalue weighted by molar-refractivity contribution is 6.76. The number of amides is 1. The number of nitrogens with two attached hydrogens (primary N) is 2. The molecule has 26 heavy (non-hydrogen) atoms. The fourth-order valence-corrected chi connectivity index (χ4v) is 3.10. The van der Waals surface area contributed by atoms with Gasteiger partial charge in [0.05, 0.1) is 5.41 Å². The third kappa shape index (κ3) is 3.63. The number of aromatic nitrogens is 2. The van der Waals surface area contributed by atoms with E-state index >= 15 is 0 Å². The Hall–Kier alpha value is -1.89. The fourth-order valence-electron chi connectivity index (χ4n) is 2.97. The first kappa shape index (κ1) is 18.9. The van der Waals surface area contributed by atoms with Crippen LogP contribution in [0.1, 0.15) is 24.8 Å². The summed E-state index contributed by atoms with van der Waals surface area (Å²) in [4.78, 5) is 23.7. The molecule has 0 aliphatic heterocycles. The first-order valence-electron chi connectivity index (χ1n) is 7.87. The Kier molecular flexibility index (Phi) is 5.10. The van der Waals surface area contributed by atoms with Crippen molar-refractivity contribution < 1.29 is 4.79 Å². The van der Waals surface area contributed by atoms with E-state index < -0.39 is 15.1 Å². The SMILES string of the molecule is NC(=NC(=O)C(Cl)(Cl)Cl)C1(c2ccc(-c3cnc(N)nc3)cc2)CCC1. The zero-order chi connectivity index (χ0) is 18.9. The fraction of sp³-hybridized carbons (Fsp3) is 0.294. The van der Waals surface area contributed by atoms with Crippen LogP contribution in [-0.4, -0.2) is 25.5 Å². The van der Waals surface area contributed by atoms with Crippen LogP contribution in [0.3, 0.4) is 0 Å². The number of benzene rings is 1. The van der Waals surface area contributed by atoms with Crippen LogP contribution in [0.15, 0.2) is 41.7 Å². The second-order valence-corrected chi connectivity index (χ2v) is 8.42. The van der Waals surface area contributed by atoms with Crippen molar-refractivity contribution in [1.29, 1.82) is 0 Å². The van der Waals surface area contributed by atoms with Crippen LogP contribution in [-0.2, 0) is 10.2 Å². The lowest BCUT2D eigenvalue weighted by molar-refractivity contribution is -0.117. The summed E-state index contributed by atoms with van der Waals surface area (Å²) in [6.45, 7) is 0. The van der Waals surface area contributed by atoms with Crippen LogP contribution >= 0.6 is 34.8 Å². The monoisotopic (exact) mass is 411 g/mol. The molecule has 1 aromatic heterocycles. The molecule has 0 radical (unpaired) electrons. The molecule has 1 saturated carbocycles. The number of nitrogen functional groups attached to an aromatic ring is 1. The Labute approximate surface area is 165 Å². The predicted molar refractivity (Wildman–Crippen MR) is 104 cm³/mol. The van der Waals surface area contributed by atoms with Crippen LogP contribution in [0, 0.1) is 0 Å². The summed E-state index contributed by atoms with van der Waals surface area (Å²) in [5.74, 6) is -0.494. The van der Waals surface area contributed by atoms with E-state index in [-0.39, 0.29) is 11.8 Å². The zero-order valence-corrected chi connectivity index (χ0v) is 15.9. The van der Waals surface area contributed by atoms with Gasteiger partial charge in [-0.3, -0.25) is 4.79 Å². The molecule has 1 amide bonds. The number of carbonyl (C=O) groups is 1. The molecular weight excluding hydrogens is 397 g/mol. The average molecular weight is 413 g/mol. The largest absolute Gasteiger partial charge is 0.386 e. The molecule has 1 aliphatic rings. The van der Waals surface area contributed by atoms with E-state index in [1.807, 2.05) is 24.3 Å². The Morgan fingerprint density at radius 1 is 1.08 bits per heavy atom. The number of amidine groups is 1. The van der Waals surface area contributed by atoms with Gasteiger partial charge in [-0.2, -0.15) is 4.99 Å². The summed E-state index contributed by atoms with van der Waals surface area (Å²) in [7, 11) is 0. The molecule has 9 heteroatoms. The predicted octanol–water partition coefficient (Wildman–Crippen LogP) is 3.40. The van der Waals surface area contributed by atoms with Crippen LogP contribution in [0.4, 0.5) is 5.95 Å². The third-order valence-corrected chi connectivity index (χ3v) is 5.09. The van der Waals surface area contributed by atoms with Crippen molar-refractivity contribution >= 4 is 52.5 Å². The minimum Gasteiger partial charge on any atom is -0.386 e. The molecule has 0 saturated heterocycles. The van der Waals surface area contributed by atoms with Crippen molar-refractivity contribution in [3.05, 3.63) is 42.2 Å². The maximum absolute atomic E-state index is 11.9. The Balaban J connectivity index is 1.90. The quantitative estimate of drug-likeness (QED) is 0.456.